The molecule has 2 N–H and O–H groups in total. The van der Waals surface area contributed by atoms with Crippen LogP contribution in [-0.4, -0.2) is 29.9 Å². The Balaban J connectivity index is 2.47. The third kappa shape index (κ3) is 4.24. The minimum absolute atomic E-state index is 0.0140. The average Bonchev–Trinajstić information content (AvgIpc) is 2.27. The van der Waals surface area contributed by atoms with Gasteiger partial charge in [-0.25, -0.2) is 0 Å². The number of benzene rings is 1. The first-order valence-corrected chi connectivity index (χ1v) is 6.19. The van der Waals surface area contributed by atoms with Crippen LogP contribution in [-0.2, 0) is 4.79 Å². The molecule has 16 heavy (non-hydrogen) atoms. The van der Waals surface area contributed by atoms with Crippen molar-refractivity contribution in [1.29, 1.82) is 0 Å². The Labute approximate surface area is 100 Å². The molecule has 0 aliphatic rings. The van der Waals surface area contributed by atoms with Crippen LogP contribution in [0.4, 0.5) is 0 Å². The molecule has 0 aromatic heterocycles. The third-order valence-electron chi connectivity index (χ3n) is 2.14. The molecule has 0 atom stereocenters. The average molecular weight is 239 g/mol. The zero-order valence-corrected chi connectivity index (χ0v) is 10.4. The summed E-state index contributed by atoms with van der Waals surface area (Å²) in [5.41, 5.74) is 2.38. The van der Waals surface area contributed by atoms with Gasteiger partial charge in [-0.2, -0.15) is 0 Å². The summed E-state index contributed by atoms with van der Waals surface area (Å²) in [6, 6.07) is 6.20. The molecule has 1 amide bonds. The minimum atomic E-state index is -0.0417. The number of nitrogens with one attached hydrogen (secondary N) is 1. The van der Waals surface area contributed by atoms with Gasteiger partial charge in [0.15, 0.2) is 0 Å². The molecule has 0 heterocycles. The first kappa shape index (κ1) is 13.1. The van der Waals surface area contributed by atoms with E-state index in [2.05, 4.69) is 23.5 Å². The first-order valence-electron chi connectivity index (χ1n) is 5.21. The number of hydrogen-bond acceptors (Lipinski definition) is 3. The molecule has 0 saturated heterocycles. The second-order valence-electron chi connectivity index (χ2n) is 3.63. The highest BCUT2D eigenvalue weighted by Gasteiger charge is 2.04. The van der Waals surface area contributed by atoms with Crippen molar-refractivity contribution in [2.75, 3.05) is 18.9 Å². The number of amides is 1. The van der Waals surface area contributed by atoms with Crippen LogP contribution in [0.5, 0.6) is 0 Å². The molecule has 1 aromatic carbocycles. The summed E-state index contributed by atoms with van der Waals surface area (Å²) >= 11 is 1.53. The number of carbonyl (C=O) groups is 1. The number of thioether (sulfide) groups is 1. The summed E-state index contributed by atoms with van der Waals surface area (Å²) in [5.74, 6) is 0.351. The molecular weight excluding hydrogens is 222 g/mol. The smallest absolute Gasteiger partial charge is 0.230 e. The summed E-state index contributed by atoms with van der Waals surface area (Å²) in [7, 11) is 0. The maximum atomic E-state index is 11.3. The summed E-state index contributed by atoms with van der Waals surface area (Å²) in [6.07, 6.45) is 0. The molecule has 0 fully saturated rings. The maximum Gasteiger partial charge on any atom is 0.230 e. The summed E-state index contributed by atoms with van der Waals surface area (Å²) in [6.45, 7) is 4.38. The first-order chi connectivity index (χ1) is 7.63. The molecule has 0 aliphatic heterocycles. The quantitative estimate of drug-likeness (QED) is 0.766. The second-order valence-corrected chi connectivity index (χ2v) is 4.65. The zero-order valence-electron chi connectivity index (χ0n) is 9.62. The highest BCUT2D eigenvalue weighted by atomic mass is 32.2. The van der Waals surface area contributed by atoms with E-state index in [1.165, 1.54) is 22.9 Å². The van der Waals surface area contributed by atoms with Gasteiger partial charge in [-0.1, -0.05) is 17.7 Å². The molecule has 0 saturated carbocycles. The van der Waals surface area contributed by atoms with Gasteiger partial charge in [-0.15, -0.1) is 11.8 Å². The van der Waals surface area contributed by atoms with E-state index in [1.54, 1.807) is 0 Å². The zero-order chi connectivity index (χ0) is 12.0. The number of carbonyl (C=O) groups excluding carboxylic acids is 1. The normalized spacial score (nSPS) is 10.2. The largest absolute Gasteiger partial charge is 0.395 e. The fraction of sp³-hybridized carbons (Fsp3) is 0.417. The highest BCUT2D eigenvalue weighted by molar-refractivity contribution is 8.00. The van der Waals surface area contributed by atoms with Crippen LogP contribution in [0.3, 0.4) is 0 Å². The van der Waals surface area contributed by atoms with E-state index in [-0.39, 0.29) is 12.5 Å². The van der Waals surface area contributed by atoms with Crippen molar-refractivity contribution >= 4 is 17.7 Å². The van der Waals surface area contributed by atoms with Gasteiger partial charge >= 0.3 is 0 Å². The molecule has 1 rings (SSSR count). The SMILES string of the molecule is Cc1ccc(C)c(SCC(=O)NCCO)c1. The number of aliphatic hydroxyl groups excluding tert-OH is 1. The van der Waals surface area contributed by atoms with Crippen molar-refractivity contribution in [3.05, 3.63) is 29.3 Å². The molecular formula is C12H17NO2S. The Hall–Kier alpha value is -1.00. The lowest BCUT2D eigenvalue weighted by Gasteiger charge is -2.07. The molecule has 0 unspecified atom stereocenters. The Morgan fingerprint density at radius 1 is 1.44 bits per heavy atom. The van der Waals surface area contributed by atoms with E-state index in [9.17, 15) is 4.79 Å². The third-order valence-corrected chi connectivity index (χ3v) is 3.29. The van der Waals surface area contributed by atoms with Crippen molar-refractivity contribution in [3.8, 4) is 0 Å². The molecule has 0 bridgehead atoms. The second kappa shape index (κ2) is 6.55. The van der Waals surface area contributed by atoms with E-state index >= 15 is 0 Å². The van der Waals surface area contributed by atoms with Crippen molar-refractivity contribution in [2.45, 2.75) is 18.7 Å². The molecule has 4 heteroatoms. The highest BCUT2D eigenvalue weighted by Crippen LogP contribution is 2.23. The molecule has 0 radical (unpaired) electrons. The summed E-state index contributed by atoms with van der Waals surface area (Å²) in [4.78, 5) is 12.5. The Bertz CT molecular complexity index is 366. The van der Waals surface area contributed by atoms with Crippen molar-refractivity contribution < 1.29 is 9.90 Å². The lowest BCUT2D eigenvalue weighted by molar-refractivity contribution is -0.118. The Morgan fingerprint density at radius 3 is 2.88 bits per heavy atom. The van der Waals surface area contributed by atoms with Crippen LogP contribution in [0, 0.1) is 13.8 Å². The van der Waals surface area contributed by atoms with Crippen molar-refractivity contribution in [1.82, 2.24) is 5.32 Å². The molecule has 3 nitrogen and oxygen atoms in total. The van der Waals surface area contributed by atoms with Crippen LogP contribution < -0.4 is 5.32 Å². The maximum absolute atomic E-state index is 11.3. The van der Waals surface area contributed by atoms with E-state index in [4.69, 9.17) is 5.11 Å². The lowest BCUT2D eigenvalue weighted by atomic mass is 10.2. The fourth-order valence-electron chi connectivity index (χ4n) is 1.25. The van der Waals surface area contributed by atoms with Gasteiger partial charge in [0.25, 0.3) is 0 Å². The van der Waals surface area contributed by atoms with Gasteiger partial charge in [-0.05, 0) is 25.5 Å². The van der Waals surface area contributed by atoms with Gasteiger partial charge in [0.1, 0.15) is 0 Å². The molecule has 1 aromatic rings. The number of rotatable bonds is 5. The standard InChI is InChI=1S/C12H17NO2S/c1-9-3-4-10(2)11(7-9)16-8-12(15)13-5-6-14/h3-4,7,14H,5-6,8H2,1-2H3,(H,13,15). The van der Waals surface area contributed by atoms with Gasteiger partial charge in [0.05, 0.1) is 12.4 Å². The number of hydrogen-bond donors (Lipinski definition) is 2. The Kier molecular flexibility index (Phi) is 5.35. The van der Waals surface area contributed by atoms with E-state index in [0.29, 0.717) is 12.3 Å². The van der Waals surface area contributed by atoms with Crippen LogP contribution in [0.1, 0.15) is 11.1 Å². The fourth-order valence-corrected chi connectivity index (χ4v) is 2.21. The predicted octanol–water partition coefficient (Wildman–Crippen LogP) is 1.50. The Morgan fingerprint density at radius 2 is 2.19 bits per heavy atom. The van der Waals surface area contributed by atoms with E-state index < -0.39 is 0 Å². The topological polar surface area (TPSA) is 49.3 Å². The van der Waals surface area contributed by atoms with Crippen molar-refractivity contribution in [3.63, 3.8) is 0 Å². The summed E-state index contributed by atoms with van der Waals surface area (Å²) in [5, 5.41) is 11.2. The predicted molar refractivity (Wildman–Crippen MR) is 66.7 cm³/mol. The van der Waals surface area contributed by atoms with Crippen molar-refractivity contribution in [2.24, 2.45) is 0 Å². The van der Waals surface area contributed by atoms with Gasteiger partial charge in [0.2, 0.25) is 5.91 Å². The number of aryl methyl sites for hydroxylation is 2. The monoisotopic (exact) mass is 239 g/mol. The van der Waals surface area contributed by atoms with Gasteiger partial charge < -0.3 is 10.4 Å². The van der Waals surface area contributed by atoms with E-state index in [0.717, 1.165) is 4.90 Å². The lowest BCUT2D eigenvalue weighted by Crippen LogP contribution is -2.27. The van der Waals surface area contributed by atoms with Crippen LogP contribution in [0.25, 0.3) is 0 Å². The number of aliphatic hydroxyl groups is 1. The van der Waals surface area contributed by atoms with Crippen LogP contribution in [0.15, 0.2) is 23.1 Å². The van der Waals surface area contributed by atoms with Crippen LogP contribution in [0.2, 0.25) is 0 Å². The van der Waals surface area contributed by atoms with Gasteiger partial charge in [-0.3, -0.25) is 4.79 Å². The summed E-state index contributed by atoms with van der Waals surface area (Å²) < 4.78 is 0. The molecule has 88 valence electrons. The molecule has 0 spiro atoms. The van der Waals surface area contributed by atoms with E-state index in [1.807, 2.05) is 13.8 Å². The minimum Gasteiger partial charge on any atom is -0.395 e. The molecule has 0 aliphatic carbocycles. The van der Waals surface area contributed by atoms with Crippen LogP contribution >= 0.6 is 11.8 Å². The van der Waals surface area contributed by atoms with Gasteiger partial charge in [0, 0.05) is 11.4 Å².